The molecule has 0 aliphatic carbocycles. The minimum Gasteiger partial charge on any atom is -0.462 e. The van der Waals surface area contributed by atoms with Gasteiger partial charge in [-0.3, -0.25) is 4.90 Å². The van der Waals surface area contributed by atoms with Crippen LogP contribution in [0.15, 0.2) is 58.0 Å². The van der Waals surface area contributed by atoms with Gasteiger partial charge in [0.05, 0.1) is 12.2 Å². The molecule has 0 saturated carbocycles. The van der Waals surface area contributed by atoms with Crippen molar-refractivity contribution in [2.24, 2.45) is 4.99 Å². The van der Waals surface area contributed by atoms with Crippen molar-refractivity contribution in [3.63, 3.8) is 0 Å². The minimum atomic E-state index is -0.270. The molecule has 0 unspecified atom stereocenters. The Morgan fingerprint density at radius 3 is 2.81 bits per heavy atom. The monoisotopic (exact) mass is 496 g/mol. The van der Waals surface area contributed by atoms with E-state index in [1.807, 2.05) is 31.3 Å². The van der Waals surface area contributed by atoms with Gasteiger partial charge >= 0.3 is 5.97 Å². The van der Waals surface area contributed by atoms with Gasteiger partial charge in [0, 0.05) is 35.2 Å². The topological polar surface area (TPSA) is 41.9 Å². The molecule has 6 heteroatoms. The number of ether oxygens (including phenoxy) is 1. The van der Waals surface area contributed by atoms with Gasteiger partial charge in [0.25, 0.3) is 0 Å². The summed E-state index contributed by atoms with van der Waals surface area (Å²) in [6.07, 6.45) is 2.66. The molecular formula is C25H25BrN2O2S. The highest BCUT2D eigenvalue weighted by Crippen LogP contribution is 2.39. The van der Waals surface area contributed by atoms with Gasteiger partial charge in [0.2, 0.25) is 0 Å². The molecule has 31 heavy (non-hydrogen) atoms. The van der Waals surface area contributed by atoms with Crippen molar-refractivity contribution in [2.45, 2.75) is 33.4 Å². The predicted octanol–water partition coefficient (Wildman–Crippen LogP) is 6.30. The Morgan fingerprint density at radius 2 is 2.06 bits per heavy atom. The molecule has 1 aromatic heterocycles. The van der Waals surface area contributed by atoms with Crippen LogP contribution in [0.2, 0.25) is 0 Å². The first-order valence-corrected chi connectivity index (χ1v) is 12.0. The first kappa shape index (κ1) is 21.9. The maximum absolute atomic E-state index is 12.8. The molecular weight excluding hydrogens is 472 g/mol. The van der Waals surface area contributed by atoms with Gasteiger partial charge in [0.15, 0.2) is 0 Å². The van der Waals surface area contributed by atoms with E-state index in [0.717, 1.165) is 46.7 Å². The van der Waals surface area contributed by atoms with Gasteiger partial charge < -0.3 is 4.74 Å². The van der Waals surface area contributed by atoms with Crippen LogP contribution in [0.4, 0.5) is 5.00 Å². The SMILES string of the molecule is CCOC(=O)c1c(N=Cc2ccc(C)c(Br)c2)sc2c1CCN(Cc1ccccc1)C2. The molecule has 0 radical (unpaired) electrons. The summed E-state index contributed by atoms with van der Waals surface area (Å²) in [5.74, 6) is -0.270. The summed E-state index contributed by atoms with van der Waals surface area (Å²) in [6, 6.07) is 16.6. The molecule has 160 valence electrons. The molecule has 0 amide bonds. The second-order valence-electron chi connectivity index (χ2n) is 7.62. The number of hydrogen-bond donors (Lipinski definition) is 0. The predicted molar refractivity (Wildman–Crippen MR) is 131 cm³/mol. The maximum atomic E-state index is 12.8. The number of benzene rings is 2. The third-order valence-corrected chi connectivity index (χ3v) is 7.35. The highest BCUT2D eigenvalue weighted by atomic mass is 79.9. The summed E-state index contributed by atoms with van der Waals surface area (Å²) in [5.41, 5.74) is 5.21. The number of aliphatic imine (C=N–C) groups is 1. The second-order valence-corrected chi connectivity index (χ2v) is 9.56. The van der Waals surface area contributed by atoms with Crippen molar-refractivity contribution < 1.29 is 9.53 Å². The van der Waals surface area contributed by atoms with Crippen LogP contribution in [-0.4, -0.2) is 30.2 Å². The van der Waals surface area contributed by atoms with Crippen molar-refractivity contribution in [1.29, 1.82) is 0 Å². The molecule has 1 aliphatic heterocycles. The molecule has 4 rings (SSSR count). The fourth-order valence-electron chi connectivity index (χ4n) is 3.75. The van der Waals surface area contributed by atoms with E-state index in [2.05, 4.69) is 58.1 Å². The Balaban J connectivity index is 1.62. The summed E-state index contributed by atoms with van der Waals surface area (Å²) < 4.78 is 6.42. The first-order valence-electron chi connectivity index (χ1n) is 10.4. The van der Waals surface area contributed by atoms with Crippen molar-refractivity contribution >= 4 is 44.5 Å². The van der Waals surface area contributed by atoms with Crippen molar-refractivity contribution in [1.82, 2.24) is 4.90 Å². The van der Waals surface area contributed by atoms with Crippen LogP contribution in [0.1, 0.15) is 44.4 Å². The van der Waals surface area contributed by atoms with Gasteiger partial charge in [-0.2, -0.15) is 0 Å². The number of aryl methyl sites for hydroxylation is 1. The van der Waals surface area contributed by atoms with Crippen LogP contribution in [-0.2, 0) is 24.2 Å². The van der Waals surface area contributed by atoms with Crippen LogP contribution in [0.25, 0.3) is 0 Å². The fraction of sp³-hybridized carbons (Fsp3) is 0.280. The highest BCUT2D eigenvalue weighted by molar-refractivity contribution is 9.10. The molecule has 1 aliphatic rings. The summed E-state index contributed by atoms with van der Waals surface area (Å²) in [7, 11) is 0. The normalized spacial score (nSPS) is 14.0. The van der Waals surface area contributed by atoms with Crippen LogP contribution in [0, 0.1) is 6.92 Å². The molecule has 3 aromatic rings. The highest BCUT2D eigenvalue weighted by Gasteiger charge is 2.28. The third kappa shape index (κ3) is 5.14. The molecule has 0 spiro atoms. The van der Waals surface area contributed by atoms with Gasteiger partial charge in [-0.25, -0.2) is 9.79 Å². The number of rotatable bonds is 6. The molecule has 0 bridgehead atoms. The Labute approximate surface area is 195 Å². The van der Waals surface area contributed by atoms with Crippen LogP contribution in [0.5, 0.6) is 0 Å². The zero-order valence-electron chi connectivity index (χ0n) is 17.7. The van der Waals surface area contributed by atoms with E-state index < -0.39 is 0 Å². The van der Waals surface area contributed by atoms with Crippen LogP contribution >= 0.6 is 27.3 Å². The van der Waals surface area contributed by atoms with Gasteiger partial charge in [-0.15, -0.1) is 11.3 Å². The lowest BCUT2D eigenvalue weighted by Gasteiger charge is -2.27. The molecule has 2 aromatic carbocycles. The molecule has 2 heterocycles. The Bertz CT molecular complexity index is 1110. The lowest BCUT2D eigenvalue weighted by molar-refractivity contribution is 0.0526. The van der Waals surface area contributed by atoms with Crippen LogP contribution < -0.4 is 0 Å². The minimum absolute atomic E-state index is 0.270. The maximum Gasteiger partial charge on any atom is 0.341 e. The van der Waals surface area contributed by atoms with E-state index in [-0.39, 0.29) is 5.97 Å². The zero-order valence-corrected chi connectivity index (χ0v) is 20.1. The molecule has 0 atom stereocenters. The standard InChI is InChI=1S/C25H25BrN2O2S/c1-3-30-25(29)23-20-11-12-28(15-18-7-5-4-6-8-18)16-22(20)31-24(23)27-14-19-10-9-17(2)21(26)13-19/h4-10,13-14H,3,11-12,15-16H2,1-2H3. The van der Waals surface area contributed by atoms with E-state index in [1.54, 1.807) is 11.3 Å². The number of carbonyl (C=O) groups excluding carboxylic acids is 1. The van der Waals surface area contributed by atoms with E-state index >= 15 is 0 Å². The lowest BCUT2D eigenvalue weighted by atomic mass is 10.0. The number of carbonyl (C=O) groups is 1. The van der Waals surface area contributed by atoms with Crippen molar-refractivity contribution in [3.8, 4) is 0 Å². The number of thiophene rings is 1. The van der Waals surface area contributed by atoms with E-state index in [9.17, 15) is 4.79 Å². The van der Waals surface area contributed by atoms with E-state index in [1.165, 1.54) is 16.0 Å². The molecule has 0 fully saturated rings. The molecule has 4 nitrogen and oxygen atoms in total. The Morgan fingerprint density at radius 1 is 1.26 bits per heavy atom. The largest absolute Gasteiger partial charge is 0.462 e. The summed E-state index contributed by atoms with van der Waals surface area (Å²) in [4.78, 5) is 21.1. The quantitative estimate of drug-likeness (QED) is 0.296. The van der Waals surface area contributed by atoms with Gasteiger partial charge in [-0.1, -0.05) is 58.4 Å². The number of halogens is 1. The number of nitrogens with zero attached hydrogens (tertiary/aromatic N) is 2. The Hall–Kier alpha value is -2.28. The van der Waals surface area contributed by atoms with Gasteiger partial charge in [-0.05, 0) is 48.6 Å². The summed E-state index contributed by atoms with van der Waals surface area (Å²) >= 11 is 5.18. The van der Waals surface area contributed by atoms with E-state index in [0.29, 0.717) is 12.2 Å². The Kier molecular flexibility index (Phi) is 7.00. The number of esters is 1. The molecule has 0 saturated heterocycles. The average Bonchev–Trinajstić information content (AvgIpc) is 3.13. The lowest BCUT2D eigenvalue weighted by Crippen LogP contribution is -2.29. The van der Waals surface area contributed by atoms with Crippen molar-refractivity contribution in [2.75, 3.05) is 13.2 Å². The third-order valence-electron chi connectivity index (χ3n) is 5.37. The molecule has 0 N–H and O–H groups in total. The average molecular weight is 497 g/mol. The van der Waals surface area contributed by atoms with Crippen LogP contribution in [0.3, 0.4) is 0 Å². The van der Waals surface area contributed by atoms with Crippen molar-refractivity contribution in [3.05, 3.63) is 85.7 Å². The van der Waals surface area contributed by atoms with Gasteiger partial charge in [0.1, 0.15) is 5.00 Å². The summed E-state index contributed by atoms with van der Waals surface area (Å²) in [6.45, 7) is 6.90. The first-order chi connectivity index (χ1) is 15.0. The summed E-state index contributed by atoms with van der Waals surface area (Å²) in [5, 5.41) is 0.738. The van der Waals surface area contributed by atoms with E-state index in [4.69, 9.17) is 9.73 Å². The number of fused-ring (bicyclic) bond motifs is 1. The second kappa shape index (κ2) is 9.90. The smallest absolute Gasteiger partial charge is 0.341 e. The zero-order chi connectivity index (χ0) is 21.8. The fourth-order valence-corrected chi connectivity index (χ4v) is 5.36. The number of hydrogen-bond acceptors (Lipinski definition) is 5.